The van der Waals surface area contributed by atoms with Crippen LogP contribution in [0, 0.1) is 0 Å². The molecule has 0 spiro atoms. The third-order valence-electron chi connectivity index (χ3n) is 1.50. The molecule has 0 aromatic rings. The van der Waals surface area contributed by atoms with E-state index < -0.39 is 0 Å². The van der Waals surface area contributed by atoms with Gasteiger partial charge in [-0.25, -0.2) is 0 Å². The van der Waals surface area contributed by atoms with Crippen molar-refractivity contribution in [1.29, 1.82) is 0 Å². The second-order valence-electron chi connectivity index (χ2n) is 2.47. The minimum Gasteiger partial charge on any atom is -0.358 e. The minimum absolute atomic E-state index is 1.10. The number of hydrogen-bond donors (Lipinski definition) is 2. The molecule has 56 valence electrons. The zero-order valence-electron chi connectivity index (χ0n) is 6.36. The number of rotatable bonds is 6. The van der Waals surface area contributed by atoms with E-state index in [2.05, 4.69) is 11.5 Å². The molecule has 0 aromatic heterocycles. The van der Waals surface area contributed by atoms with Gasteiger partial charge in [-0.05, 0) is 25.7 Å². The zero-order chi connectivity index (χ0) is 6.95. The van der Waals surface area contributed by atoms with E-state index in [1.165, 1.54) is 32.1 Å². The van der Waals surface area contributed by atoms with E-state index in [0.717, 1.165) is 13.1 Å². The molecular formula is C7H20N2+2. The van der Waals surface area contributed by atoms with Crippen LogP contribution in [-0.2, 0) is 0 Å². The van der Waals surface area contributed by atoms with Gasteiger partial charge < -0.3 is 11.5 Å². The van der Waals surface area contributed by atoms with Crippen LogP contribution in [0.2, 0.25) is 0 Å². The van der Waals surface area contributed by atoms with Crippen LogP contribution in [0.3, 0.4) is 0 Å². The Labute approximate surface area is 57.6 Å². The van der Waals surface area contributed by atoms with E-state index in [1.807, 2.05) is 0 Å². The first-order valence-corrected chi connectivity index (χ1v) is 4.00. The first-order chi connectivity index (χ1) is 4.41. The smallest absolute Gasteiger partial charge is 0.0739 e. The summed E-state index contributed by atoms with van der Waals surface area (Å²) in [7, 11) is 0. The lowest BCUT2D eigenvalue weighted by molar-refractivity contribution is -0.369. The highest BCUT2D eigenvalue weighted by Crippen LogP contribution is 1.99. The van der Waals surface area contributed by atoms with Crippen molar-refractivity contribution in [3.05, 3.63) is 0 Å². The quantitative estimate of drug-likeness (QED) is 0.454. The molecule has 0 saturated heterocycles. The van der Waals surface area contributed by atoms with Crippen molar-refractivity contribution in [3.8, 4) is 0 Å². The molecule has 0 fully saturated rings. The molecule has 0 aliphatic rings. The lowest BCUT2D eigenvalue weighted by atomic mass is 10.1. The van der Waals surface area contributed by atoms with Gasteiger partial charge in [0, 0.05) is 0 Å². The maximum Gasteiger partial charge on any atom is 0.0739 e. The fourth-order valence-corrected chi connectivity index (χ4v) is 0.884. The van der Waals surface area contributed by atoms with Crippen LogP contribution < -0.4 is 11.5 Å². The van der Waals surface area contributed by atoms with Crippen LogP contribution in [0.4, 0.5) is 0 Å². The minimum atomic E-state index is 1.10. The first-order valence-electron chi connectivity index (χ1n) is 4.00. The second-order valence-corrected chi connectivity index (χ2v) is 2.47. The lowest BCUT2D eigenvalue weighted by Gasteiger charge is -1.94. The second kappa shape index (κ2) is 7.92. The van der Waals surface area contributed by atoms with Crippen molar-refractivity contribution in [2.75, 3.05) is 13.1 Å². The third-order valence-corrected chi connectivity index (χ3v) is 1.50. The Balaban J connectivity index is 2.60. The number of quaternary nitrogens is 2. The van der Waals surface area contributed by atoms with Gasteiger partial charge in [0.25, 0.3) is 0 Å². The Hall–Kier alpha value is -0.0800. The molecule has 2 heteroatoms. The average Bonchev–Trinajstić information content (AvgIpc) is 1.89. The SMILES string of the molecule is [NH3+]CCCCCCC[NH3+]. The molecule has 0 saturated carbocycles. The summed E-state index contributed by atoms with van der Waals surface area (Å²) < 4.78 is 0. The van der Waals surface area contributed by atoms with Crippen molar-refractivity contribution < 1.29 is 11.5 Å². The van der Waals surface area contributed by atoms with Gasteiger partial charge in [0.2, 0.25) is 0 Å². The van der Waals surface area contributed by atoms with E-state index in [9.17, 15) is 0 Å². The van der Waals surface area contributed by atoms with Gasteiger partial charge in [0.15, 0.2) is 0 Å². The summed E-state index contributed by atoms with van der Waals surface area (Å²) in [6, 6.07) is 0. The Kier molecular flexibility index (Phi) is 7.85. The molecule has 0 heterocycles. The Morgan fingerprint density at radius 2 is 0.889 bits per heavy atom. The third kappa shape index (κ3) is 7.92. The highest BCUT2D eigenvalue weighted by Gasteiger charge is 1.88. The molecule has 0 rings (SSSR count). The highest BCUT2D eigenvalue weighted by atomic mass is 14.5. The van der Waals surface area contributed by atoms with Crippen molar-refractivity contribution in [1.82, 2.24) is 0 Å². The molecular weight excluding hydrogens is 112 g/mol. The number of unbranched alkanes of at least 4 members (excludes halogenated alkanes) is 4. The van der Waals surface area contributed by atoms with E-state index in [-0.39, 0.29) is 0 Å². The Bertz CT molecular complexity index is 40.2. The molecule has 0 unspecified atom stereocenters. The van der Waals surface area contributed by atoms with Gasteiger partial charge in [-0.1, -0.05) is 6.42 Å². The Morgan fingerprint density at radius 1 is 0.556 bits per heavy atom. The van der Waals surface area contributed by atoms with Gasteiger partial charge >= 0.3 is 0 Å². The summed E-state index contributed by atoms with van der Waals surface area (Å²) in [5.74, 6) is 0. The van der Waals surface area contributed by atoms with Crippen LogP contribution in [0.1, 0.15) is 32.1 Å². The molecule has 9 heavy (non-hydrogen) atoms. The highest BCUT2D eigenvalue weighted by molar-refractivity contribution is 4.40. The van der Waals surface area contributed by atoms with E-state index in [0.29, 0.717) is 0 Å². The predicted molar refractivity (Wildman–Crippen MR) is 38.6 cm³/mol. The standard InChI is InChI=1S/C7H18N2/c8-6-4-2-1-3-5-7-9/h1-9H2/p+2. The molecule has 0 radical (unpaired) electrons. The van der Waals surface area contributed by atoms with Crippen molar-refractivity contribution in [2.24, 2.45) is 0 Å². The van der Waals surface area contributed by atoms with Gasteiger partial charge in [0.05, 0.1) is 13.1 Å². The Morgan fingerprint density at radius 3 is 1.22 bits per heavy atom. The molecule has 6 N–H and O–H groups in total. The lowest BCUT2D eigenvalue weighted by Crippen LogP contribution is -2.50. The summed E-state index contributed by atoms with van der Waals surface area (Å²) in [6.45, 7) is 2.20. The van der Waals surface area contributed by atoms with Gasteiger partial charge in [0.1, 0.15) is 0 Å². The maximum absolute atomic E-state index is 3.79. The summed E-state index contributed by atoms with van der Waals surface area (Å²) >= 11 is 0. The first kappa shape index (κ1) is 8.92. The van der Waals surface area contributed by atoms with E-state index in [1.54, 1.807) is 0 Å². The van der Waals surface area contributed by atoms with E-state index >= 15 is 0 Å². The molecule has 2 nitrogen and oxygen atoms in total. The van der Waals surface area contributed by atoms with Gasteiger partial charge in [-0.15, -0.1) is 0 Å². The monoisotopic (exact) mass is 132 g/mol. The summed E-state index contributed by atoms with van der Waals surface area (Å²) in [4.78, 5) is 0. The van der Waals surface area contributed by atoms with Crippen LogP contribution in [0.15, 0.2) is 0 Å². The average molecular weight is 132 g/mol. The number of hydrogen-bond acceptors (Lipinski definition) is 0. The van der Waals surface area contributed by atoms with Crippen molar-refractivity contribution >= 4 is 0 Å². The van der Waals surface area contributed by atoms with Crippen LogP contribution >= 0.6 is 0 Å². The predicted octanol–water partition coefficient (Wildman–Crippen LogP) is -0.579. The van der Waals surface area contributed by atoms with Gasteiger partial charge in [-0.2, -0.15) is 0 Å². The molecule has 0 amide bonds. The van der Waals surface area contributed by atoms with Gasteiger partial charge in [-0.3, -0.25) is 0 Å². The van der Waals surface area contributed by atoms with Crippen LogP contribution in [-0.4, -0.2) is 13.1 Å². The van der Waals surface area contributed by atoms with E-state index in [4.69, 9.17) is 0 Å². The largest absolute Gasteiger partial charge is 0.358 e. The molecule has 0 bridgehead atoms. The van der Waals surface area contributed by atoms with Crippen molar-refractivity contribution in [2.45, 2.75) is 32.1 Å². The van der Waals surface area contributed by atoms with Crippen LogP contribution in [0.25, 0.3) is 0 Å². The molecule has 0 aliphatic carbocycles. The zero-order valence-corrected chi connectivity index (χ0v) is 6.36. The summed E-state index contributed by atoms with van der Waals surface area (Å²) in [6.07, 6.45) is 6.71. The molecule has 0 atom stereocenters. The van der Waals surface area contributed by atoms with Crippen LogP contribution in [0.5, 0.6) is 0 Å². The normalized spacial score (nSPS) is 10.0. The molecule has 0 aromatic carbocycles. The van der Waals surface area contributed by atoms with Crippen molar-refractivity contribution in [3.63, 3.8) is 0 Å². The summed E-state index contributed by atoms with van der Waals surface area (Å²) in [5.41, 5.74) is 7.58. The molecule has 0 aliphatic heterocycles. The topological polar surface area (TPSA) is 55.3 Å². The summed E-state index contributed by atoms with van der Waals surface area (Å²) in [5, 5.41) is 0. The fourth-order valence-electron chi connectivity index (χ4n) is 0.884. The fraction of sp³-hybridized carbons (Fsp3) is 1.00. The maximum atomic E-state index is 3.79.